The highest BCUT2D eigenvalue weighted by Gasteiger charge is 2.35. The average molecular weight is 281 g/mol. The second kappa shape index (κ2) is 6.44. The third-order valence-electron chi connectivity index (χ3n) is 5.22. The molecule has 116 valence electrons. The lowest BCUT2D eigenvalue weighted by molar-refractivity contribution is -0.127. The van der Waals surface area contributed by atoms with Crippen LogP contribution in [0.1, 0.15) is 53.4 Å². The van der Waals surface area contributed by atoms with Crippen LogP contribution in [0.5, 0.6) is 0 Å². The molecule has 4 unspecified atom stereocenters. The van der Waals surface area contributed by atoms with Gasteiger partial charge in [-0.05, 0) is 58.4 Å². The van der Waals surface area contributed by atoms with Gasteiger partial charge in [0.05, 0.1) is 6.04 Å². The summed E-state index contributed by atoms with van der Waals surface area (Å²) in [5.41, 5.74) is 0.218. The molecule has 2 saturated heterocycles. The molecule has 0 aromatic carbocycles. The Bertz CT molecular complexity index is 329. The minimum atomic E-state index is -0.0114. The van der Waals surface area contributed by atoms with Crippen LogP contribution in [-0.2, 0) is 4.79 Å². The predicted octanol–water partition coefficient (Wildman–Crippen LogP) is 1.75. The van der Waals surface area contributed by atoms with Crippen LogP contribution >= 0.6 is 0 Å². The van der Waals surface area contributed by atoms with Crippen molar-refractivity contribution >= 4 is 5.91 Å². The van der Waals surface area contributed by atoms with Crippen molar-refractivity contribution in [3.63, 3.8) is 0 Å². The summed E-state index contributed by atoms with van der Waals surface area (Å²) in [6.07, 6.45) is 4.83. The second-order valence-corrected chi connectivity index (χ2v) is 7.21. The largest absolute Gasteiger partial charge is 0.354 e. The molecular weight excluding hydrogens is 250 g/mol. The van der Waals surface area contributed by atoms with Crippen LogP contribution in [0.15, 0.2) is 0 Å². The Morgan fingerprint density at radius 1 is 1.40 bits per heavy atom. The first-order valence-corrected chi connectivity index (χ1v) is 8.19. The van der Waals surface area contributed by atoms with E-state index in [0.29, 0.717) is 12.1 Å². The van der Waals surface area contributed by atoms with E-state index in [1.54, 1.807) is 0 Å². The van der Waals surface area contributed by atoms with E-state index in [9.17, 15) is 4.79 Å². The summed E-state index contributed by atoms with van der Waals surface area (Å²) in [7, 11) is 0. The molecule has 0 saturated carbocycles. The quantitative estimate of drug-likeness (QED) is 0.825. The van der Waals surface area contributed by atoms with Gasteiger partial charge in [-0.1, -0.05) is 6.92 Å². The lowest BCUT2D eigenvalue weighted by Gasteiger charge is -2.36. The summed E-state index contributed by atoms with van der Waals surface area (Å²) >= 11 is 0. The Labute approximate surface area is 123 Å². The van der Waals surface area contributed by atoms with E-state index in [0.717, 1.165) is 19.6 Å². The molecule has 2 fully saturated rings. The molecule has 2 rings (SSSR count). The van der Waals surface area contributed by atoms with E-state index in [4.69, 9.17) is 0 Å². The zero-order chi connectivity index (χ0) is 14.8. The molecule has 0 aromatic heterocycles. The molecule has 0 aromatic rings. The van der Waals surface area contributed by atoms with E-state index >= 15 is 0 Å². The summed E-state index contributed by atoms with van der Waals surface area (Å²) in [5.74, 6) is 0.192. The third kappa shape index (κ3) is 3.53. The van der Waals surface area contributed by atoms with Crippen LogP contribution < -0.4 is 10.6 Å². The molecule has 2 N–H and O–H groups in total. The monoisotopic (exact) mass is 281 g/mol. The Kier molecular flexibility index (Phi) is 5.08. The van der Waals surface area contributed by atoms with Gasteiger partial charge in [-0.3, -0.25) is 9.69 Å². The van der Waals surface area contributed by atoms with Crippen molar-refractivity contribution < 1.29 is 4.79 Å². The standard InChI is InChI=1S/C16H31N3O/c1-12-6-7-13(2)19(12)14(3)15(20)18-11-16(4)8-5-9-17-10-16/h12-14,17H,5-11H2,1-4H3,(H,18,20). The molecule has 4 heteroatoms. The van der Waals surface area contributed by atoms with Gasteiger partial charge in [0.2, 0.25) is 5.91 Å². The molecule has 2 aliphatic heterocycles. The van der Waals surface area contributed by atoms with Crippen LogP contribution in [0.3, 0.4) is 0 Å². The van der Waals surface area contributed by atoms with Gasteiger partial charge < -0.3 is 10.6 Å². The van der Waals surface area contributed by atoms with Gasteiger partial charge in [0.1, 0.15) is 0 Å². The summed E-state index contributed by atoms with van der Waals surface area (Å²) in [6, 6.07) is 1.04. The van der Waals surface area contributed by atoms with Crippen molar-refractivity contribution in [3.8, 4) is 0 Å². The molecular formula is C16H31N3O. The van der Waals surface area contributed by atoms with Crippen LogP contribution in [-0.4, -0.2) is 48.6 Å². The summed E-state index contributed by atoms with van der Waals surface area (Å²) in [6.45, 7) is 11.7. The van der Waals surface area contributed by atoms with Crippen molar-refractivity contribution in [2.75, 3.05) is 19.6 Å². The molecule has 1 amide bonds. The Hall–Kier alpha value is -0.610. The van der Waals surface area contributed by atoms with Crippen molar-refractivity contribution in [2.24, 2.45) is 5.41 Å². The number of hydrogen-bond acceptors (Lipinski definition) is 3. The molecule has 0 radical (unpaired) electrons. The smallest absolute Gasteiger partial charge is 0.237 e. The highest BCUT2D eigenvalue weighted by Crippen LogP contribution is 2.27. The third-order valence-corrected chi connectivity index (χ3v) is 5.22. The minimum Gasteiger partial charge on any atom is -0.354 e. The number of nitrogens with one attached hydrogen (secondary N) is 2. The van der Waals surface area contributed by atoms with Gasteiger partial charge in [-0.2, -0.15) is 0 Å². The van der Waals surface area contributed by atoms with Gasteiger partial charge in [0, 0.05) is 25.2 Å². The fourth-order valence-corrected chi connectivity index (χ4v) is 3.83. The van der Waals surface area contributed by atoms with Crippen molar-refractivity contribution in [2.45, 2.75) is 71.5 Å². The van der Waals surface area contributed by atoms with E-state index in [-0.39, 0.29) is 17.4 Å². The molecule has 0 aliphatic carbocycles. The molecule has 2 aliphatic rings. The van der Waals surface area contributed by atoms with Gasteiger partial charge in [0.25, 0.3) is 0 Å². The van der Waals surface area contributed by atoms with Gasteiger partial charge >= 0.3 is 0 Å². The van der Waals surface area contributed by atoms with E-state index < -0.39 is 0 Å². The minimum absolute atomic E-state index is 0.0114. The molecule has 4 atom stereocenters. The van der Waals surface area contributed by atoms with Crippen molar-refractivity contribution in [3.05, 3.63) is 0 Å². The van der Waals surface area contributed by atoms with E-state index in [2.05, 4.69) is 43.2 Å². The maximum atomic E-state index is 12.4. The summed E-state index contributed by atoms with van der Waals surface area (Å²) in [5, 5.41) is 6.63. The normalized spacial score (nSPS) is 36.8. The maximum Gasteiger partial charge on any atom is 0.237 e. The molecule has 2 heterocycles. The first-order chi connectivity index (χ1) is 9.43. The Balaban J connectivity index is 1.85. The van der Waals surface area contributed by atoms with Gasteiger partial charge in [-0.15, -0.1) is 0 Å². The SMILES string of the molecule is CC1CCC(C)N1C(C)C(=O)NCC1(C)CCCNC1. The predicted molar refractivity (Wildman–Crippen MR) is 82.7 cm³/mol. The van der Waals surface area contributed by atoms with Crippen LogP contribution in [0.4, 0.5) is 0 Å². The lowest BCUT2D eigenvalue weighted by Crippen LogP contribution is -2.52. The first kappa shape index (κ1) is 15.8. The number of nitrogens with zero attached hydrogens (tertiary/aromatic N) is 1. The van der Waals surface area contributed by atoms with Crippen LogP contribution in [0, 0.1) is 5.41 Å². The molecule has 0 bridgehead atoms. The molecule has 0 spiro atoms. The second-order valence-electron chi connectivity index (χ2n) is 7.21. The number of likely N-dealkylation sites (tertiary alicyclic amines) is 1. The van der Waals surface area contributed by atoms with E-state index in [1.165, 1.54) is 25.7 Å². The highest BCUT2D eigenvalue weighted by molar-refractivity contribution is 5.81. The average Bonchev–Trinajstić information content (AvgIpc) is 2.76. The van der Waals surface area contributed by atoms with Crippen molar-refractivity contribution in [1.29, 1.82) is 0 Å². The molecule has 20 heavy (non-hydrogen) atoms. The number of amides is 1. The van der Waals surface area contributed by atoms with Crippen LogP contribution in [0.25, 0.3) is 0 Å². The summed E-state index contributed by atoms with van der Waals surface area (Å²) in [4.78, 5) is 14.8. The number of carbonyl (C=O) groups is 1. The number of carbonyl (C=O) groups excluding carboxylic acids is 1. The number of piperidine rings is 1. The zero-order valence-electron chi connectivity index (χ0n) is 13.5. The van der Waals surface area contributed by atoms with Crippen LogP contribution in [0.2, 0.25) is 0 Å². The zero-order valence-corrected chi connectivity index (χ0v) is 13.5. The van der Waals surface area contributed by atoms with Gasteiger partial charge in [-0.25, -0.2) is 0 Å². The lowest BCUT2D eigenvalue weighted by atomic mass is 9.83. The van der Waals surface area contributed by atoms with Gasteiger partial charge in [0.15, 0.2) is 0 Å². The van der Waals surface area contributed by atoms with E-state index in [1.807, 2.05) is 0 Å². The maximum absolute atomic E-state index is 12.4. The fraction of sp³-hybridized carbons (Fsp3) is 0.938. The molecule has 4 nitrogen and oxygen atoms in total. The fourth-order valence-electron chi connectivity index (χ4n) is 3.83. The first-order valence-electron chi connectivity index (χ1n) is 8.19. The highest BCUT2D eigenvalue weighted by atomic mass is 16.2. The van der Waals surface area contributed by atoms with Crippen molar-refractivity contribution in [1.82, 2.24) is 15.5 Å². The Morgan fingerprint density at radius 3 is 2.60 bits per heavy atom. The summed E-state index contributed by atoms with van der Waals surface area (Å²) < 4.78 is 0. The Morgan fingerprint density at radius 2 is 2.05 bits per heavy atom. The number of rotatable bonds is 4. The number of hydrogen-bond donors (Lipinski definition) is 2. The topological polar surface area (TPSA) is 44.4 Å².